The molecule has 0 saturated carbocycles. The van der Waals surface area contributed by atoms with Gasteiger partial charge in [0.2, 0.25) is 5.91 Å². The van der Waals surface area contributed by atoms with Crippen LogP contribution >= 0.6 is 11.3 Å². The van der Waals surface area contributed by atoms with Gasteiger partial charge in [-0.3, -0.25) is 4.79 Å². The summed E-state index contributed by atoms with van der Waals surface area (Å²) in [5, 5.41) is 2.36. The lowest BCUT2D eigenvalue weighted by Crippen LogP contribution is -2.29. The van der Waals surface area contributed by atoms with E-state index >= 15 is 0 Å². The number of carbonyl (C=O) groups excluding carboxylic acids is 2. The van der Waals surface area contributed by atoms with E-state index in [0.717, 1.165) is 12.0 Å². The molecule has 2 rings (SSSR count). The fourth-order valence-electron chi connectivity index (χ4n) is 2.12. The van der Waals surface area contributed by atoms with Crippen molar-refractivity contribution in [2.45, 2.75) is 19.9 Å². The van der Waals surface area contributed by atoms with Gasteiger partial charge in [-0.05, 0) is 18.1 Å². The van der Waals surface area contributed by atoms with E-state index in [4.69, 9.17) is 0 Å². The maximum atomic E-state index is 12.4. The first-order valence-corrected chi connectivity index (χ1v) is 8.56. The Morgan fingerprint density at radius 1 is 1.29 bits per heavy atom. The number of hydrogen-bond donors (Lipinski definition) is 0. The molecule has 0 unspecified atom stereocenters. The molecule has 1 amide bonds. The lowest BCUT2D eigenvalue weighted by molar-refractivity contribution is -0.126. The number of hydrogen-bond acceptors (Lipinski definition) is 5. The number of rotatable bonds is 7. The molecule has 0 aliphatic rings. The normalized spacial score (nSPS) is 10.8. The Morgan fingerprint density at radius 3 is 2.71 bits per heavy atom. The molecule has 0 aliphatic carbocycles. The van der Waals surface area contributed by atoms with Crippen molar-refractivity contribution in [3.63, 3.8) is 0 Å². The van der Waals surface area contributed by atoms with Gasteiger partial charge in [-0.15, -0.1) is 11.3 Å². The number of methoxy groups -OCH3 is 1. The van der Waals surface area contributed by atoms with E-state index < -0.39 is 5.97 Å². The first-order valence-electron chi connectivity index (χ1n) is 7.68. The van der Waals surface area contributed by atoms with Gasteiger partial charge in [-0.2, -0.15) is 0 Å². The number of nitrogens with zero attached hydrogens (tertiary/aromatic N) is 2. The van der Waals surface area contributed by atoms with Gasteiger partial charge in [0.15, 0.2) is 5.69 Å². The number of amides is 1. The number of esters is 1. The number of carbonyl (C=O) groups is 2. The zero-order chi connectivity index (χ0) is 17.4. The molecule has 0 saturated heterocycles. The van der Waals surface area contributed by atoms with Crippen molar-refractivity contribution in [1.82, 2.24) is 9.88 Å². The molecule has 2 aromatic rings. The van der Waals surface area contributed by atoms with E-state index in [2.05, 4.69) is 9.72 Å². The van der Waals surface area contributed by atoms with Gasteiger partial charge in [0.05, 0.1) is 13.7 Å². The summed E-state index contributed by atoms with van der Waals surface area (Å²) in [5.41, 5.74) is 1.26. The highest BCUT2D eigenvalue weighted by Gasteiger charge is 2.15. The van der Waals surface area contributed by atoms with Crippen LogP contribution in [0.4, 0.5) is 0 Å². The second-order valence-corrected chi connectivity index (χ2v) is 6.06. The molecule has 6 heteroatoms. The smallest absolute Gasteiger partial charge is 0.357 e. The van der Waals surface area contributed by atoms with Crippen LogP contribution in [0.3, 0.4) is 0 Å². The van der Waals surface area contributed by atoms with Gasteiger partial charge < -0.3 is 9.64 Å². The van der Waals surface area contributed by atoms with Crippen LogP contribution in [-0.4, -0.2) is 35.4 Å². The number of benzene rings is 1. The highest BCUT2D eigenvalue weighted by Crippen LogP contribution is 2.14. The molecule has 126 valence electrons. The Kier molecular flexibility index (Phi) is 6.69. The minimum absolute atomic E-state index is 0.0736. The quantitative estimate of drug-likeness (QED) is 0.571. The van der Waals surface area contributed by atoms with E-state index in [-0.39, 0.29) is 11.6 Å². The van der Waals surface area contributed by atoms with Gasteiger partial charge in [-0.25, -0.2) is 9.78 Å². The third kappa shape index (κ3) is 5.03. The summed E-state index contributed by atoms with van der Waals surface area (Å²) >= 11 is 1.35. The van der Waals surface area contributed by atoms with E-state index in [1.807, 2.05) is 37.3 Å². The molecule has 0 N–H and O–H groups in total. The highest BCUT2D eigenvalue weighted by atomic mass is 32.1. The number of thiazole rings is 1. The van der Waals surface area contributed by atoms with Crippen molar-refractivity contribution >= 4 is 29.3 Å². The topological polar surface area (TPSA) is 59.5 Å². The molecule has 0 aliphatic heterocycles. The molecule has 0 fully saturated rings. The van der Waals surface area contributed by atoms with Gasteiger partial charge in [0, 0.05) is 18.0 Å². The zero-order valence-electron chi connectivity index (χ0n) is 13.8. The molecule has 1 heterocycles. The first kappa shape index (κ1) is 17.9. The summed E-state index contributed by atoms with van der Waals surface area (Å²) < 4.78 is 4.65. The molecule has 0 atom stereocenters. The third-order valence-electron chi connectivity index (χ3n) is 3.30. The fraction of sp³-hybridized carbons (Fsp3) is 0.278. The van der Waals surface area contributed by atoms with Crippen LogP contribution in [0.1, 0.15) is 34.4 Å². The van der Waals surface area contributed by atoms with Crippen LogP contribution in [0.5, 0.6) is 0 Å². The van der Waals surface area contributed by atoms with Crippen LogP contribution < -0.4 is 0 Å². The predicted molar refractivity (Wildman–Crippen MR) is 94.6 cm³/mol. The summed E-state index contributed by atoms with van der Waals surface area (Å²) in [6.45, 7) is 3.03. The lowest BCUT2D eigenvalue weighted by Gasteiger charge is -2.19. The second-order valence-electron chi connectivity index (χ2n) is 5.12. The number of aromatic nitrogens is 1. The van der Waals surface area contributed by atoms with E-state index in [0.29, 0.717) is 18.1 Å². The Hall–Kier alpha value is -2.47. The Balaban J connectivity index is 2.05. The minimum Gasteiger partial charge on any atom is -0.464 e. The first-order chi connectivity index (χ1) is 11.6. The lowest BCUT2D eigenvalue weighted by atomic mass is 10.2. The fourth-order valence-corrected chi connectivity index (χ4v) is 2.90. The zero-order valence-corrected chi connectivity index (χ0v) is 14.6. The van der Waals surface area contributed by atoms with Crippen LogP contribution in [0.15, 0.2) is 41.8 Å². The SMILES string of the molecule is CCCN(Cc1nc(C(=O)OC)cs1)C(=O)/C=C/c1ccccc1. The average Bonchev–Trinajstić information content (AvgIpc) is 3.08. The van der Waals surface area contributed by atoms with Crippen LogP contribution in [0.25, 0.3) is 6.08 Å². The van der Waals surface area contributed by atoms with Crippen LogP contribution in [0.2, 0.25) is 0 Å². The molecular formula is C18H20N2O3S. The molecular weight excluding hydrogens is 324 g/mol. The van der Waals surface area contributed by atoms with Gasteiger partial charge in [-0.1, -0.05) is 37.3 Å². The summed E-state index contributed by atoms with van der Waals surface area (Å²) in [5.74, 6) is -0.537. The maximum absolute atomic E-state index is 12.4. The molecule has 1 aromatic heterocycles. The van der Waals surface area contributed by atoms with Gasteiger partial charge >= 0.3 is 5.97 Å². The van der Waals surface area contributed by atoms with E-state index in [1.165, 1.54) is 18.4 Å². The monoisotopic (exact) mass is 344 g/mol. The van der Waals surface area contributed by atoms with Crippen LogP contribution in [-0.2, 0) is 16.1 Å². The summed E-state index contributed by atoms with van der Waals surface area (Å²) in [4.78, 5) is 29.8. The minimum atomic E-state index is -0.463. The van der Waals surface area contributed by atoms with Crippen molar-refractivity contribution in [3.8, 4) is 0 Å². The third-order valence-corrected chi connectivity index (χ3v) is 4.13. The summed E-state index contributed by atoms with van der Waals surface area (Å²) in [6.07, 6.45) is 4.21. The van der Waals surface area contributed by atoms with Crippen molar-refractivity contribution in [1.29, 1.82) is 0 Å². The van der Waals surface area contributed by atoms with Crippen molar-refractivity contribution in [2.75, 3.05) is 13.7 Å². The Bertz CT molecular complexity index is 710. The standard InChI is InChI=1S/C18H20N2O3S/c1-3-11-20(12-16-19-15(13-24-16)18(22)23-2)17(21)10-9-14-7-5-4-6-8-14/h4-10,13H,3,11-12H2,1-2H3/b10-9+. The highest BCUT2D eigenvalue weighted by molar-refractivity contribution is 7.09. The summed E-state index contributed by atoms with van der Waals surface area (Å²) in [7, 11) is 1.32. The second kappa shape index (κ2) is 8.98. The average molecular weight is 344 g/mol. The molecule has 0 bridgehead atoms. The van der Waals surface area contributed by atoms with Crippen LogP contribution in [0, 0.1) is 0 Å². The number of ether oxygens (including phenoxy) is 1. The Labute approximate surface area is 145 Å². The summed E-state index contributed by atoms with van der Waals surface area (Å²) in [6, 6.07) is 9.68. The molecule has 0 spiro atoms. The van der Waals surface area contributed by atoms with Gasteiger partial charge in [0.25, 0.3) is 0 Å². The van der Waals surface area contributed by atoms with Gasteiger partial charge in [0.1, 0.15) is 5.01 Å². The van der Waals surface area contributed by atoms with Crippen molar-refractivity contribution in [2.24, 2.45) is 0 Å². The Morgan fingerprint density at radius 2 is 2.04 bits per heavy atom. The predicted octanol–water partition coefficient (Wildman–Crippen LogP) is 3.38. The van der Waals surface area contributed by atoms with E-state index in [9.17, 15) is 9.59 Å². The molecule has 5 nitrogen and oxygen atoms in total. The van der Waals surface area contributed by atoms with Crippen molar-refractivity contribution < 1.29 is 14.3 Å². The molecule has 24 heavy (non-hydrogen) atoms. The molecule has 0 radical (unpaired) electrons. The largest absolute Gasteiger partial charge is 0.464 e. The molecule has 1 aromatic carbocycles. The maximum Gasteiger partial charge on any atom is 0.357 e. The van der Waals surface area contributed by atoms with E-state index in [1.54, 1.807) is 22.4 Å². The van der Waals surface area contributed by atoms with Crippen molar-refractivity contribution in [3.05, 3.63) is 58.1 Å².